The smallest absolute Gasteiger partial charge is 0.255 e. The predicted molar refractivity (Wildman–Crippen MR) is 81.6 cm³/mol. The number of carbonyl (C=O) groups is 1. The maximum atomic E-state index is 12.6. The number of aryl methyl sites for hydroxylation is 1. The highest BCUT2D eigenvalue weighted by atomic mass is 35.5. The van der Waals surface area contributed by atoms with Crippen molar-refractivity contribution in [2.75, 3.05) is 19.6 Å². The van der Waals surface area contributed by atoms with Crippen LogP contribution in [-0.4, -0.2) is 36.5 Å². The molecule has 2 heterocycles. The van der Waals surface area contributed by atoms with Gasteiger partial charge in [-0.2, -0.15) is 0 Å². The van der Waals surface area contributed by atoms with Gasteiger partial charge in [0.1, 0.15) is 0 Å². The molecule has 1 aromatic heterocycles. The molecule has 0 spiro atoms. The normalized spacial score (nSPS) is 22.6. The molecule has 0 radical (unpaired) electrons. The van der Waals surface area contributed by atoms with Gasteiger partial charge in [0.2, 0.25) is 0 Å². The van der Waals surface area contributed by atoms with Crippen LogP contribution in [0.5, 0.6) is 0 Å². The van der Waals surface area contributed by atoms with Crippen molar-refractivity contribution in [3.8, 4) is 0 Å². The molecular weight excluding hydrogens is 280 g/mol. The Hall–Kier alpha value is -0.580. The van der Waals surface area contributed by atoms with Crippen LogP contribution in [0.15, 0.2) is 5.38 Å². The van der Waals surface area contributed by atoms with Crippen molar-refractivity contribution in [3.05, 3.63) is 21.4 Å². The van der Waals surface area contributed by atoms with Gasteiger partial charge in [-0.3, -0.25) is 4.79 Å². The first-order chi connectivity index (χ1) is 8.77. The van der Waals surface area contributed by atoms with E-state index >= 15 is 0 Å². The van der Waals surface area contributed by atoms with Crippen LogP contribution in [-0.2, 0) is 12.8 Å². The minimum absolute atomic E-state index is 0. The molecule has 1 aromatic rings. The van der Waals surface area contributed by atoms with Crippen LogP contribution < -0.4 is 5.32 Å². The number of halogens is 1. The quantitative estimate of drug-likeness (QED) is 0.864. The molecule has 1 saturated heterocycles. The molecular formula is C14H21ClN2OS. The zero-order valence-electron chi connectivity index (χ0n) is 11.3. The molecule has 19 heavy (non-hydrogen) atoms. The number of carbonyl (C=O) groups excluding carboxylic acids is 1. The van der Waals surface area contributed by atoms with Gasteiger partial charge in [-0.25, -0.2) is 0 Å². The van der Waals surface area contributed by atoms with Crippen molar-refractivity contribution >= 4 is 29.7 Å². The monoisotopic (exact) mass is 300 g/mol. The van der Waals surface area contributed by atoms with Crippen molar-refractivity contribution in [1.29, 1.82) is 0 Å². The van der Waals surface area contributed by atoms with Crippen molar-refractivity contribution in [1.82, 2.24) is 10.2 Å². The number of nitrogens with zero attached hydrogens (tertiary/aromatic N) is 1. The van der Waals surface area contributed by atoms with Crippen molar-refractivity contribution in [2.24, 2.45) is 0 Å². The number of fused-ring (bicyclic) bond motifs is 1. The number of amides is 1. The summed E-state index contributed by atoms with van der Waals surface area (Å²) >= 11 is 1.78. The molecule has 3 rings (SSSR count). The summed E-state index contributed by atoms with van der Waals surface area (Å²) in [5.74, 6) is 0.253. The fourth-order valence-corrected chi connectivity index (χ4v) is 4.09. The molecule has 0 bridgehead atoms. The average molecular weight is 301 g/mol. The predicted octanol–water partition coefficient (Wildman–Crippen LogP) is 2.48. The minimum Gasteiger partial charge on any atom is -0.333 e. The van der Waals surface area contributed by atoms with Crippen LogP contribution in [0.4, 0.5) is 0 Å². The van der Waals surface area contributed by atoms with E-state index in [2.05, 4.69) is 17.6 Å². The summed E-state index contributed by atoms with van der Waals surface area (Å²) in [5.41, 5.74) is 2.34. The second kappa shape index (κ2) is 6.25. The fourth-order valence-electron chi connectivity index (χ4n) is 2.97. The summed E-state index contributed by atoms with van der Waals surface area (Å²) in [6, 6.07) is 0.311. The van der Waals surface area contributed by atoms with Gasteiger partial charge in [-0.1, -0.05) is 0 Å². The maximum Gasteiger partial charge on any atom is 0.255 e. The molecule has 1 atom stereocenters. The number of hydrogen-bond donors (Lipinski definition) is 1. The Kier molecular flexibility index (Phi) is 4.87. The fraction of sp³-hybridized carbons (Fsp3) is 0.643. The van der Waals surface area contributed by atoms with E-state index in [0.717, 1.165) is 31.6 Å². The topological polar surface area (TPSA) is 32.3 Å². The Morgan fingerprint density at radius 1 is 1.42 bits per heavy atom. The number of piperazine rings is 1. The first-order valence-electron chi connectivity index (χ1n) is 6.88. The standard InChI is InChI=1S/C14H20N2OS.ClH/c1-10-8-15-6-7-16(10)14(17)12-9-18-13-5-3-2-4-11(12)13;/h9-10,15H,2-8H2,1H3;1H/t10-;/m1./s1. The van der Waals surface area contributed by atoms with E-state index in [9.17, 15) is 4.79 Å². The van der Waals surface area contributed by atoms with Gasteiger partial charge >= 0.3 is 0 Å². The summed E-state index contributed by atoms with van der Waals surface area (Å²) in [6.07, 6.45) is 4.79. The van der Waals surface area contributed by atoms with E-state index in [1.54, 1.807) is 11.3 Å². The van der Waals surface area contributed by atoms with E-state index in [4.69, 9.17) is 0 Å². The molecule has 0 unspecified atom stereocenters. The molecule has 106 valence electrons. The molecule has 0 saturated carbocycles. The molecule has 1 N–H and O–H groups in total. The van der Waals surface area contributed by atoms with Gasteiger partial charge in [-0.15, -0.1) is 23.7 Å². The third-order valence-electron chi connectivity index (χ3n) is 4.05. The van der Waals surface area contributed by atoms with Crippen molar-refractivity contribution < 1.29 is 4.79 Å². The van der Waals surface area contributed by atoms with Gasteiger partial charge in [0.05, 0.1) is 5.56 Å². The molecule has 1 aliphatic carbocycles. The minimum atomic E-state index is 0. The number of thiophene rings is 1. The molecule has 5 heteroatoms. The van der Waals surface area contributed by atoms with Crippen LogP contribution in [0.3, 0.4) is 0 Å². The maximum absolute atomic E-state index is 12.6. The number of hydrogen-bond acceptors (Lipinski definition) is 3. The van der Waals surface area contributed by atoms with E-state index in [1.807, 2.05) is 4.90 Å². The lowest BCUT2D eigenvalue weighted by molar-refractivity contribution is 0.0655. The SMILES string of the molecule is C[C@@H]1CNCCN1C(=O)c1csc2c1CCCC2.Cl. The van der Waals surface area contributed by atoms with Crippen molar-refractivity contribution in [3.63, 3.8) is 0 Å². The largest absolute Gasteiger partial charge is 0.333 e. The molecule has 0 aromatic carbocycles. The molecule has 1 amide bonds. The third-order valence-corrected chi connectivity index (χ3v) is 5.14. The van der Waals surface area contributed by atoms with E-state index in [0.29, 0.717) is 6.04 Å². The third kappa shape index (κ3) is 2.81. The van der Waals surface area contributed by atoms with Gasteiger partial charge in [-0.05, 0) is 38.2 Å². The molecule has 3 nitrogen and oxygen atoms in total. The summed E-state index contributed by atoms with van der Waals surface area (Å²) in [4.78, 5) is 16.1. The van der Waals surface area contributed by atoms with Crippen LogP contribution in [0.25, 0.3) is 0 Å². The van der Waals surface area contributed by atoms with Gasteiger partial charge in [0, 0.05) is 35.9 Å². The van der Waals surface area contributed by atoms with Crippen LogP contribution >= 0.6 is 23.7 Å². The van der Waals surface area contributed by atoms with Crippen LogP contribution in [0, 0.1) is 0 Å². The Labute approximate surface area is 124 Å². The first kappa shape index (κ1) is 14.8. The second-order valence-corrected chi connectivity index (χ2v) is 6.27. The molecule has 2 aliphatic rings. The number of nitrogens with one attached hydrogen (secondary N) is 1. The Morgan fingerprint density at radius 3 is 3.00 bits per heavy atom. The Morgan fingerprint density at radius 2 is 2.21 bits per heavy atom. The Bertz CT molecular complexity index is 460. The number of rotatable bonds is 1. The van der Waals surface area contributed by atoms with E-state index in [-0.39, 0.29) is 18.3 Å². The highest BCUT2D eigenvalue weighted by Gasteiger charge is 2.28. The molecule has 1 aliphatic heterocycles. The summed E-state index contributed by atoms with van der Waals surface area (Å²) in [6.45, 7) is 4.80. The van der Waals surface area contributed by atoms with Gasteiger partial charge in [0.25, 0.3) is 5.91 Å². The van der Waals surface area contributed by atoms with Gasteiger partial charge < -0.3 is 10.2 Å². The van der Waals surface area contributed by atoms with E-state index < -0.39 is 0 Å². The zero-order valence-corrected chi connectivity index (χ0v) is 12.9. The lowest BCUT2D eigenvalue weighted by Gasteiger charge is -2.34. The first-order valence-corrected chi connectivity index (χ1v) is 7.76. The second-order valence-electron chi connectivity index (χ2n) is 5.31. The van der Waals surface area contributed by atoms with Crippen LogP contribution in [0.1, 0.15) is 40.6 Å². The summed E-state index contributed by atoms with van der Waals surface area (Å²) in [7, 11) is 0. The Balaban J connectivity index is 0.00000133. The highest BCUT2D eigenvalue weighted by molar-refractivity contribution is 7.10. The average Bonchev–Trinajstić information content (AvgIpc) is 2.82. The molecule has 1 fully saturated rings. The van der Waals surface area contributed by atoms with Crippen molar-refractivity contribution in [2.45, 2.75) is 38.6 Å². The lowest BCUT2D eigenvalue weighted by Crippen LogP contribution is -2.52. The van der Waals surface area contributed by atoms with Crippen LogP contribution in [0.2, 0.25) is 0 Å². The summed E-state index contributed by atoms with van der Waals surface area (Å²) in [5, 5.41) is 5.43. The highest BCUT2D eigenvalue weighted by Crippen LogP contribution is 2.31. The van der Waals surface area contributed by atoms with E-state index in [1.165, 1.54) is 29.7 Å². The van der Waals surface area contributed by atoms with Gasteiger partial charge in [0.15, 0.2) is 0 Å². The summed E-state index contributed by atoms with van der Waals surface area (Å²) < 4.78 is 0. The zero-order chi connectivity index (χ0) is 12.5. The lowest BCUT2D eigenvalue weighted by atomic mass is 9.95.